The van der Waals surface area contributed by atoms with Crippen LogP contribution in [-0.4, -0.2) is 6.29 Å². The Hall–Kier alpha value is -0.850. The van der Waals surface area contributed by atoms with Gasteiger partial charge >= 0.3 is 0 Å². The van der Waals surface area contributed by atoms with Crippen molar-refractivity contribution in [3.63, 3.8) is 0 Å². The van der Waals surface area contributed by atoms with Gasteiger partial charge in [0, 0.05) is 0 Å². The number of carbonyl (C=O) groups is 1. The second-order valence-electron chi connectivity index (χ2n) is 5.26. The highest BCUT2D eigenvalue weighted by Gasteiger charge is 2.34. The van der Waals surface area contributed by atoms with E-state index in [9.17, 15) is 4.79 Å². The monoisotopic (exact) mass is 218 g/mol. The van der Waals surface area contributed by atoms with Gasteiger partial charge in [0.25, 0.3) is 0 Å². The Bertz CT molecular complexity index is 301. The van der Waals surface area contributed by atoms with Crippen LogP contribution in [-0.2, 0) is 4.79 Å². The van der Waals surface area contributed by atoms with Crippen LogP contribution in [0.15, 0.2) is 23.8 Å². The van der Waals surface area contributed by atoms with Gasteiger partial charge in [0.05, 0.1) is 0 Å². The van der Waals surface area contributed by atoms with Crippen molar-refractivity contribution in [2.45, 2.75) is 45.4 Å². The zero-order valence-electron chi connectivity index (χ0n) is 10.2. The molecule has 0 aromatic carbocycles. The molecule has 2 rings (SSSR count). The smallest absolute Gasteiger partial charge is 0.145 e. The number of hydrogen-bond donors (Lipinski definition) is 0. The van der Waals surface area contributed by atoms with Crippen LogP contribution in [0.5, 0.6) is 0 Å². The van der Waals surface area contributed by atoms with Crippen LogP contribution in [0.4, 0.5) is 0 Å². The fourth-order valence-electron chi connectivity index (χ4n) is 3.05. The summed E-state index contributed by atoms with van der Waals surface area (Å²) in [4.78, 5) is 11.0. The Labute approximate surface area is 98.6 Å². The molecule has 0 spiro atoms. The van der Waals surface area contributed by atoms with Crippen molar-refractivity contribution in [3.8, 4) is 0 Å². The van der Waals surface area contributed by atoms with Gasteiger partial charge in [-0.3, -0.25) is 4.79 Å². The zero-order valence-corrected chi connectivity index (χ0v) is 10.2. The van der Waals surface area contributed by atoms with Gasteiger partial charge in [0.1, 0.15) is 6.29 Å². The molecule has 0 aromatic heterocycles. The highest BCUT2D eigenvalue weighted by molar-refractivity contribution is 5.73. The Morgan fingerprint density at radius 2 is 2.19 bits per heavy atom. The molecule has 0 saturated heterocycles. The molecule has 0 aliphatic heterocycles. The van der Waals surface area contributed by atoms with Crippen molar-refractivity contribution in [2.75, 3.05) is 0 Å². The number of carbonyl (C=O) groups excluding carboxylic acids is 1. The summed E-state index contributed by atoms with van der Waals surface area (Å²) in [5.74, 6) is 2.18. The first-order chi connectivity index (χ1) is 7.83. The van der Waals surface area contributed by atoms with Gasteiger partial charge in [-0.25, -0.2) is 0 Å². The second-order valence-corrected chi connectivity index (χ2v) is 5.26. The van der Waals surface area contributed by atoms with Gasteiger partial charge < -0.3 is 0 Å². The first kappa shape index (κ1) is 11.6. The number of aldehydes is 1. The molecule has 88 valence electrons. The minimum absolute atomic E-state index is 0.650. The summed E-state index contributed by atoms with van der Waals surface area (Å²) < 4.78 is 0. The summed E-state index contributed by atoms with van der Waals surface area (Å²) in [5.41, 5.74) is 1.04. The molecule has 0 N–H and O–H groups in total. The third kappa shape index (κ3) is 2.63. The van der Waals surface area contributed by atoms with Crippen molar-refractivity contribution < 1.29 is 4.79 Å². The number of hydrogen-bond acceptors (Lipinski definition) is 1. The minimum atomic E-state index is 0.650. The molecular weight excluding hydrogens is 196 g/mol. The molecule has 1 nitrogen and oxygen atoms in total. The molecule has 1 saturated carbocycles. The zero-order chi connectivity index (χ0) is 11.4. The summed E-state index contributed by atoms with van der Waals surface area (Å²) in [6.45, 7) is 2.20. The van der Waals surface area contributed by atoms with Gasteiger partial charge in [-0.05, 0) is 49.0 Å². The lowest BCUT2D eigenvalue weighted by Crippen LogP contribution is -2.05. The van der Waals surface area contributed by atoms with Crippen molar-refractivity contribution in [1.29, 1.82) is 0 Å². The van der Waals surface area contributed by atoms with Crippen LogP contribution >= 0.6 is 0 Å². The summed E-state index contributed by atoms with van der Waals surface area (Å²) in [6.07, 6.45) is 15.2. The Morgan fingerprint density at radius 3 is 2.75 bits per heavy atom. The van der Waals surface area contributed by atoms with Crippen molar-refractivity contribution >= 4 is 6.29 Å². The van der Waals surface area contributed by atoms with Crippen LogP contribution in [0.2, 0.25) is 0 Å². The third-order valence-electron chi connectivity index (χ3n) is 3.98. The van der Waals surface area contributed by atoms with E-state index in [4.69, 9.17) is 0 Å². The van der Waals surface area contributed by atoms with Crippen LogP contribution < -0.4 is 0 Å². The van der Waals surface area contributed by atoms with E-state index in [1.165, 1.54) is 25.7 Å². The SMILES string of the molecule is CCCCCC(C=O)=CC1CC2C=CC1C2. The summed E-state index contributed by atoms with van der Waals surface area (Å²) in [5, 5.41) is 0. The maximum absolute atomic E-state index is 11.0. The van der Waals surface area contributed by atoms with E-state index in [-0.39, 0.29) is 0 Å². The quantitative estimate of drug-likeness (QED) is 0.286. The van der Waals surface area contributed by atoms with Gasteiger partial charge in [0.2, 0.25) is 0 Å². The molecule has 0 aromatic rings. The molecule has 3 unspecified atom stereocenters. The average molecular weight is 218 g/mol. The standard InChI is InChI=1S/C15H22O/c1-2-3-4-5-13(11-16)10-15-9-12-6-7-14(15)8-12/h6-7,10-12,14-15H,2-5,8-9H2,1H3. The van der Waals surface area contributed by atoms with Crippen LogP contribution in [0.1, 0.15) is 45.4 Å². The van der Waals surface area contributed by atoms with E-state index in [2.05, 4.69) is 25.2 Å². The molecular formula is C15H22O. The molecule has 2 bridgehead atoms. The van der Waals surface area contributed by atoms with Crippen LogP contribution in [0.3, 0.4) is 0 Å². The highest BCUT2D eigenvalue weighted by Crippen LogP contribution is 2.44. The predicted octanol–water partition coefficient (Wildman–Crippen LogP) is 3.90. The molecule has 0 heterocycles. The fourth-order valence-corrected chi connectivity index (χ4v) is 3.05. The van der Waals surface area contributed by atoms with Gasteiger partial charge in [-0.1, -0.05) is 38.0 Å². The minimum Gasteiger partial charge on any atom is -0.298 e. The van der Waals surface area contributed by atoms with Gasteiger partial charge in [0.15, 0.2) is 0 Å². The molecule has 3 atom stereocenters. The van der Waals surface area contributed by atoms with Gasteiger partial charge in [-0.2, -0.15) is 0 Å². The highest BCUT2D eigenvalue weighted by atomic mass is 16.1. The molecule has 0 amide bonds. The van der Waals surface area contributed by atoms with Crippen molar-refractivity contribution in [2.24, 2.45) is 17.8 Å². The van der Waals surface area contributed by atoms with Crippen molar-refractivity contribution in [1.82, 2.24) is 0 Å². The van der Waals surface area contributed by atoms with E-state index in [0.29, 0.717) is 5.92 Å². The first-order valence-corrected chi connectivity index (χ1v) is 6.67. The number of allylic oxidation sites excluding steroid dienone is 4. The first-order valence-electron chi connectivity index (χ1n) is 6.67. The Balaban J connectivity index is 1.88. The normalized spacial score (nSPS) is 32.3. The lowest BCUT2D eigenvalue weighted by atomic mass is 9.91. The van der Waals surface area contributed by atoms with E-state index in [0.717, 1.165) is 36.5 Å². The topological polar surface area (TPSA) is 17.1 Å². The lowest BCUT2D eigenvalue weighted by Gasteiger charge is -2.14. The van der Waals surface area contributed by atoms with E-state index >= 15 is 0 Å². The molecule has 1 fully saturated rings. The summed E-state index contributed by atoms with van der Waals surface area (Å²) >= 11 is 0. The molecule has 1 heteroatoms. The Kier molecular flexibility index (Phi) is 3.98. The van der Waals surface area contributed by atoms with E-state index in [1.54, 1.807) is 0 Å². The predicted molar refractivity (Wildman–Crippen MR) is 67.1 cm³/mol. The molecule has 2 aliphatic carbocycles. The molecule has 16 heavy (non-hydrogen) atoms. The largest absolute Gasteiger partial charge is 0.298 e. The van der Waals surface area contributed by atoms with Crippen molar-refractivity contribution in [3.05, 3.63) is 23.8 Å². The third-order valence-corrected chi connectivity index (χ3v) is 3.98. The summed E-state index contributed by atoms with van der Waals surface area (Å²) in [7, 11) is 0. The lowest BCUT2D eigenvalue weighted by molar-refractivity contribution is -0.105. The van der Waals surface area contributed by atoms with E-state index < -0.39 is 0 Å². The number of rotatable bonds is 6. The average Bonchev–Trinajstić information content (AvgIpc) is 2.89. The van der Waals surface area contributed by atoms with Crippen LogP contribution in [0, 0.1) is 17.8 Å². The fraction of sp³-hybridized carbons (Fsp3) is 0.667. The molecule has 2 aliphatic rings. The maximum atomic E-state index is 11.0. The van der Waals surface area contributed by atoms with Gasteiger partial charge in [-0.15, -0.1) is 0 Å². The number of unbranched alkanes of at least 4 members (excludes halogenated alkanes) is 2. The Morgan fingerprint density at radius 1 is 1.31 bits per heavy atom. The molecule has 0 radical (unpaired) electrons. The maximum Gasteiger partial charge on any atom is 0.145 e. The number of fused-ring (bicyclic) bond motifs is 2. The van der Waals surface area contributed by atoms with E-state index in [1.807, 2.05) is 0 Å². The summed E-state index contributed by atoms with van der Waals surface area (Å²) in [6, 6.07) is 0. The second kappa shape index (κ2) is 5.47. The van der Waals surface area contributed by atoms with Crippen LogP contribution in [0.25, 0.3) is 0 Å².